The molecule has 1 aliphatic rings. The minimum Gasteiger partial charge on any atom is -0.340 e. The monoisotopic (exact) mass is 359 g/mol. The number of aryl methyl sites for hydroxylation is 1. The van der Waals surface area contributed by atoms with Gasteiger partial charge < -0.3 is 4.90 Å². The van der Waals surface area contributed by atoms with Gasteiger partial charge in [-0.15, -0.1) is 0 Å². The zero-order chi connectivity index (χ0) is 14.8. The molecule has 0 radical (unpaired) electrons. The lowest BCUT2D eigenvalue weighted by Crippen LogP contribution is -2.57. The summed E-state index contributed by atoms with van der Waals surface area (Å²) in [6.07, 6.45) is 1.09. The highest BCUT2D eigenvalue weighted by Crippen LogP contribution is 2.21. The molecule has 4 nitrogen and oxygen atoms in total. The second-order valence-electron chi connectivity index (χ2n) is 4.96. The van der Waals surface area contributed by atoms with Gasteiger partial charge in [0.15, 0.2) is 9.84 Å². The molecule has 6 heteroatoms. The first kappa shape index (κ1) is 15.5. The van der Waals surface area contributed by atoms with Gasteiger partial charge >= 0.3 is 0 Å². The van der Waals surface area contributed by atoms with Crippen molar-refractivity contribution in [2.45, 2.75) is 25.0 Å². The lowest BCUT2D eigenvalue weighted by molar-refractivity contribution is -0.134. The molecule has 0 atom stereocenters. The minimum atomic E-state index is -3.00. The molecular weight excluding hydrogens is 342 g/mol. The average molecular weight is 360 g/mol. The van der Waals surface area contributed by atoms with E-state index in [9.17, 15) is 13.2 Å². The topological polar surface area (TPSA) is 54.5 Å². The molecule has 1 fully saturated rings. The quantitative estimate of drug-likeness (QED) is 0.808. The molecule has 0 unspecified atom stereocenters. The zero-order valence-corrected chi connectivity index (χ0v) is 13.8. The normalized spacial score (nSPS) is 16.0. The maximum absolute atomic E-state index is 12.0. The summed E-state index contributed by atoms with van der Waals surface area (Å²) >= 11 is 3.46. The van der Waals surface area contributed by atoms with Crippen molar-refractivity contribution in [3.8, 4) is 0 Å². The van der Waals surface area contributed by atoms with E-state index >= 15 is 0 Å². The predicted octanol–water partition coefficient (Wildman–Crippen LogP) is 2.03. The number of nitrogens with zero attached hydrogens (tertiary/aromatic N) is 1. The Bertz CT molecular complexity index is 594. The molecular formula is C14H18BrNO3S. The summed E-state index contributed by atoms with van der Waals surface area (Å²) in [7, 11) is -3.00. The maximum atomic E-state index is 12.0. The van der Waals surface area contributed by atoms with E-state index in [-0.39, 0.29) is 16.9 Å². The standard InChI is InChI=1S/C14H18BrNO3S/c1-2-20(18,19)12-9-16(10-12)14(17)8-7-11-5-3-4-6-13(11)15/h3-6,12H,2,7-10H2,1H3. The zero-order valence-electron chi connectivity index (χ0n) is 11.4. The third-order valence-corrected chi connectivity index (χ3v) is 6.57. The number of carbonyl (C=O) groups excluding carboxylic acids is 1. The minimum absolute atomic E-state index is 0.0308. The molecule has 1 saturated heterocycles. The number of carbonyl (C=O) groups is 1. The molecule has 1 aromatic carbocycles. The number of amides is 1. The Morgan fingerprint density at radius 1 is 1.35 bits per heavy atom. The van der Waals surface area contributed by atoms with Gasteiger partial charge in [0.2, 0.25) is 5.91 Å². The van der Waals surface area contributed by atoms with Gasteiger partial charge in [-0.3, -0.25) is 4.79 Å². The number of hydrogen-bond acceptors (Lipinski definition) is 3. The van der Waals surface area contributed by atoms with Gasteiger partial charge in [0.05, 0.1) is 5.25 Å². The van der Waals surface area contributed by atoms with Crippen LogP contribution < -0.4 is 0 Å². The second kappa shape index (κ2) is 6.26. The molecule has 0 saturated carbocycles. The third kappa shape index (κ3) is 3.41. The number of halogens is 1. The fraction of sp³-hybridized carbons (Fsp3) is 0.500. The molecule has 0 spiro atoms. The van der Waals surface area contributed by atoms with E-state index in [2.05, 4.69) is 15.9 Å². The van der Waals surface area contributed by atoms with Crippen molar-refractivity contribution < 1.29 is 13.2 Å². The Morgan fingerprint density at radius 3 is 2.60 bits per heavy atom. The van der Waals surface area contributed by atoms with Crippen LogP contribution in [-0.4, -0.2) is 43.3 Å². The first-order chi connectivity index (χ1) is 9.44. The van der Waals surface area contributed by atoms with Crippen molar-refractivity contribution in [1.82, 2.24) is 4.90 Å². The molecule has 1 heterocycles. The Morgan fingerprint density at radius 2 is 2.00 bits per heavy atom. The number of hydrogen-bond donors (Lipinski definition) is 0. The molecule has 2 rings (SSSR count). The Balaban J connectivity index is 1.82. The Kier molecular flexibility index (Phi) is 4.86. The van der Waals surface area contributed by atoms with Crippen LogP contribution in [0, 0.1) is 0 Å². The highest BCUT2D eigenvalue weighted by Gasteiger charge is 2.38. The summed E-state index contributed by atoms with van der Waals surface area (Å²) in [5.74, 6) is 0.180. The van der Waals surface area contributed by atoms with E-state index in [4.69, 9.17) is 0 Å². The van der Waals surface area contributed by atoms with Gasteiger partial charge in [0.1, 0.15) is 0 Å². The molecule has 1 aliphatic heterocycles. The van der Waals surface area contributed by atoms with E-state index in [1.54, 1.807) is 11.8 Å². The van der Waals surface area contributed by atoms with Crippen molar-refractivity contribution in [1.29, 1.82) is 0 Å². The van der Waals surface area contributed by atoms with Crippen LogP contribution in [0.2, 0.25) is 0 Å². The van der Waals surface area contributed by atoms with Crippen LogP contribution in [0.4, 0.5) is 0 Å². The molecule has 1 aromatic rings. The number of rotatable bonds is 5. The van der Waals surface area contributed by atoms with E-state index in [1.807, 2.05) is 24.3 Å². The number of benzene rings is 1. The third-order valence-electron chi connectivity index (χ3n) is 3.68. The molecule has 0 bridgehead atoms. The maximum Gasteiger partial charge on any atom is 0.222 e. The van der Waals surface area contributed by atoms with E-state index in [0.29, 0.717) is 25.9 Å². The highest BCUT2D eigenvalue weighted by molar-refractivity contribution is 9.10. The molecule has 0 aliphatic carbocycles. The summed E-state index contributed by atoms with van der Waals surface area (Å²) in [6.45, 7) is 2.35. The van der Waals surface area contributed by atoms with E-state index < -0.39 is 9.84 Å². The van der Waals surface area contributed by atoms with Crippen molar-refractivity contribution in [2.75, 3.05) is 18.8 Å². The van der Waals surface area contributed by atoms with Crippen molar-refractivity contribution >= 4 is 31.7 Å². The summed E-state index contributed by atoms with van der Waals surface area (Å²) < 4.78 is 24.3. The smallest absolute Gasteiger partial charge is 0.222 e. The van der Waals surface area contributed by atoms with Crippen LogP contribution >= 0.6 is 15.9 Å². The van der Waals surface area contributed by atoms with Crippen molar-refractivity contribution in [2.24, 2.45) is 0 Å². The molecule has 1 amide bonds. The average Bonchev–Trinajstić information content (AvgIpc) is 2.35. The highest BCUT2D eigenvalue weighted by atomic mass is 79.9. The van der Waals surface area contributed by atoms with E-state index in [0.717, 1.165) is 10.0 Å². The number of likely N-dealkylation sites (tertiary alicyclic amines) is 1. The van der Waals surface area contributed by atoms with Crippen LogP contribution in [0.1, 0.15) is 18.9 Å². The SMILES string of the molecule is CCS(=O)(=O)C1CN(C(=O)CCc2ccccc2Br)C1. The molecule has 0 aromatic heterocycles. The van der Waals surface area contributed by atoms with Crippen LogP contribution in [-0.2, 0) is 21.1 Å². The van der Waals surface area contributed by atoms with E-state index in [1.165, 1.54) is 0 Å². The van der Waals surface area contributed by atoms with Gasteiger partial charge in [-0.05, 0) is 18.1 Å². The lowest BCUT2D eigenvalue weighted by atomic mass is 10.1. The summed E-state index contributed by atoms with van der Waals surface area (Å²) in [4.78, 5) is 13.6. The molecule has 110 valence electrons. The van der Waals surface area contributed by atoms with Gasteiger partial charge in [0.25, 0.3) is 0 Å². The van der Waals surface area contributed by atoms with Crippen LogP contribution in [0.5, 0.6) is 0 Å². The van der Waals surface area contributed by atoms with Gasteiger partial charge in [0, 0.05) is 29.7 Å². The van der Waals surface area contributed by atoms with Gasteiger partial charge in [-0.1, -0.05) is 41.1 Å². The second-order valence-corrected chi connectivity index (χ2v) is 8.39. The lowest BCUT2D eigenvalue weighted by Gasteiger charge is -2.38. The van der Waals surface area contributed by atoms with Crippen LogP contribution in [0.25, 0.3) is 0 Å². The fourth-order valence-corrected chi connectivity index (χ4v) is 3.97. The van der Waals surface area contributed by atoms with Crippen LogP contribution in [0.15, 0.2) is 28.7 Å². The Labute approximate surface area is 128 Å². The number of sulfone groups is 1. The summed E-state index contributed by atoms with van der Waals surface area (Å²) in [5.41, 5.74) is 1.10. The van der Waals surface area contributed by atoms with Crippen molar-refractivity contribution in [3.63, 3.8) is 0 Å². The van der Waals surface area contributed by atoms with Crippen molar-refractivity contribution in [3.05, 3.63) is 34.3 Å². The predicted molar refractivity (Wildman–Crippen MR) is 82.3 cm³/mol. The first-order valence-corrected chi connectivity index (χ1v) is 9.17. The van der Waals surface area contributed by atoms with Gasteiger partial charge in [-0.2, -0.15) is 0 Å². The molecule has 20 heavy (non-hydrogen) atoms. The van der Waals surface area contributed by atoms with Crippen LogP contribution in [0.3, 0.4) is 0 Å². The summed E-state index contributed by atoms with van der Waals surface area (Å²) in [6, 6.07) is 7.81. The van der Waals surface area contributed by atoms with Gasteiger partial charge in [-0.25, -0.2) is 8.42 Å². The summed E-state index contributed by atoms with van der Waals surface area (Å²) in [5, 5.41) is -0.361. The molecule has 0 N–H and O–H groups in total. The first-order valence-electron chi connectivity index (χ1n) is 6.66. The Hall–Kier alpha value is -0.880. The largest absolute Gasteiger partial charge is 0.340 e. The fourth-order valence-electron chi connectivity index (χ4n) is 2.21.